The van der Waals surface area contributed by atoms with Gasteiger partial charge in [0.05, 0.1) is 5.69 Å². The van der Waals surface area contributed by atoms with Crippen LogP contribution in [0.2, 0.25) is 0 Å². The second-order valence-corrected chi connectivity index (χ2v) is 3.31. The van der Waals surface area contributed by atoms with E-state index in [9.17, 15) is 4.79 Å². The van der Waals surface area contributed by atoms with Crippen molar-refractivity contribution in [3.8, 4) is 11.5 Å². The van der Waals surface area contributed by atoms with Gasteiger partial charge in [0.15, 0.2) is 5.76 Å². The molecule has 0 unspecified atom stereocenters. The van der Waals surface area contributed by atoms with E-state index in [1.807, 2.05) is 19.1 Å². The number of aromatic nitrogens is 1. The average Bonchev–Trinajstić information content (AvgIpc) is 2.58. The summed E-state index contributed by atoms with van der Waals surface area (Å²) in [4.78, 5) is 13.4. The zero-order valence-electron chi connectivity index (χ0n) is 6.46. The first-order valence-electron chi connectivity index (χ1n) is 3.50. The summed E-state index contributed by atoms with van der Waals surface area (Å²) in [6, 6.07) is 3.71. The monoisotopic (exact) mass is 181 g/mol. The predicted molar refractivity (Wildman–Crippen MR) is 47.4 cm³/mol. The number of aryl methyl sites for hydroxylation is 1. The van der Waals surface area contributed by atoms with Crippen LogP contribution in [0.25, 0.3) is 11.5 Å². The van der Waals surface area contributed by atoms with E-state index in [4.69, 9.17) is 4.42 Å². The van der Waals surface area contributed by atoms with Crippen LogP contribution >= 0.6 is 11.3 Å². The molecule has 0 aliphatic heterocycles. The molecule has 0 saturated heterocycles. The Hall–Kier alpha value is -1.29. The molecule has 2 aromatic heterocycles. The fourth-order valence-electron chi connectivity index (χ4n) is 0.980. The lowest BCUT2D eigenvalue weighted by molar-refractivity contribution is 0.546. The molecule has 1 N–H and O–H groups in total. The second kappa shape index (κ2) is 2.64. The molecule has 0 saturated carbocycles. The SMILES string of the molecule is Cc1ccc(-c2csc(=O)[nH]2)o1. The highest BCUT2D eigenvalue weighted by molar-refractivity contribution is 7.07. The fraction of sp³-hybridized carbons (Fsp3) is 0.125. The first-order chi connectivity index (χ1) is 5.75. The maximum atomic E-state index is 10.8. The van der Waals surface area contributed by atoms with Crippen molar-refractivity contribution in [1.29, 1.82) is 0 Å². The standard InChI is InChI=1S/C8H7NO2S/c1-5-2-3-7(11-5)6-4-12-8(10)9-6/h2-4H,1H3,(H,9,10). The highest BCUT2D eigenvalue weighted by atomic mass is 32.1. The molecule has 0 aliphatic rings. The van der Waals surface area contributed by atoms with Gasteiger partial charge in [-0.2, -0.15) is 0 Å². The van der Waals surface area contributed by atoms with Gasteiger partial charge in [-0.25, -0.2) is 0 Å². The largest absolute Gasteiger partial charge is 0.460 e. The van der Waals surface area contributed by atoms with Crippen molar-refractivity contribution in [3.05, 3.63) is 32.9 Å². The van der Waals surface area contributed by atoms with Crippen molar-refractivity contribution in [2.75, 3.05) is 0 Å². The normalized spacial score (nSPS) is 10.4. The van der Waals surface area contributed by atoms with Gasteiger partial charge in [0.25, 0.3) is 0 Å². The Morgan fingerprint density at radius 1 is 1.50 bits per heavy atom. The number of nitrogens with one attached hydrogen (secondary N) is 1. The highest BCUT2D eigenvalue weighted by Gasteiger charge is 2.03. The molecule has 0 atom stereocenters. The van der Waals surface area contributed by atoms with Crippen LogP contribution in [-0.2, 0) is 0 Å². The van der Waals surface area contributed by atoms with E-state index in [1.54, 1.807) is 5.38 Å². The summed E-state index contributed by atoms with van der Waals surface area (Å²) in [6.07, 6.45) is 0. The Balaban J connectivity index is 2.50. The maximum Gasteiger partial charge on any atom is 0.305 e. The molecular formula is C8H7NO2S. The zero-order chi connectivity index (χ0) is 8.55. The summed E-state index contributed by atoms with van der Waals surface area (Å²) in [5.74, 6) is 1.56. The molecule has 0 bridgehead atoms. The van der Waals surface area contributed by atoms with E-state index < -0.39 is 0 Å². The molecule has 0 radical (unpaired) electrons. The first kappa shape index (κ1) is 7.36. The smallest absolute Gasteiger partial charge is 0.305 e. The van der Waals surface area contributed by atoms with Crippen LogP contribution in [0.1, 0.15) is 5.76 Å². The molecule has 0 aliphatic carbocycles. The van der Waals surface area contributed by atoms with Crippen molar-refractivity contribution >= 4 is 11.3 Å². The van der Waals surface area contributed by atoms with Crippen molar-refractivity contribution in [2.45, 2.75) is 6.92 Å². The maximum absolute atomic E-state index is 10.8. The summed E-state index contributed by atoms with van der Waals surface area (Å²) in [5, 5.41) is 1.75. The quantitative estimate of drug-likeness (QED) is 0.731. The molecular weight excluding hydrogens is 174 g/mol. The van der Waals surface area contributed by atoms with Crippen molar-refractivity contribution < 1.29 is 4.42 Å². The third-order valence-electron chi connectivity index (χ3n) is 1.53. The van der Waals surface area contributed by atoms with Crippen LogP contribution in [0, 0.1) is 6.92 Å². The lowest BCUT2D eigenvalue weighted by atomic mass is 10.4. The van der Waals surface area contributed by atoms with Gasteiger partial charge in [-0.05, 0) is 19.1 Å². The van der Waals surface area contributed by atoms with Crippen molar-refractivity contribution in [1.82, 2.24) is 4.98 Å². The summed E-state index contributed by atoms with van der Waals surface area (Å²) < 4.78 is 5.32. The number of furan rings is 1. The molecule has 12 heavy (non-hydrogen) atoms. The van der Waals surface area contributed by atoms with Crippen LogP contribution < -0.4 is 4.87 Å². The average molecular weight is 181 g/mol. The van der Waals surface area contributed by atoms with E-state index >= 15 is 0 Å². The molecule has 0 spiro atoms. The number of hydrogen-bond donors (Lipinski definition) is 1. The summed E-state index contributed by atoms with van der Waals surface area (Å²) in [6.45, 7) is 1.87. The summed E-state index contributed by atoms with van der Waals surface area (Å²) in [7, 11) is 0. The lowest BCUT2D eigenvalue weighted by Crippen LogP contribution is -1.91. The van der Waals surface area contributed by atoms with Gasteiger partial charge in [-0.3, -0.25) is 4.79 Å². The van der Waals surface area contributed by atoms with Gasteiger partial charge in [0, 0.05) is 5.38 Å². The third kappa shape index (κ3) is 1.21. The van der Waals surface area contributed by atoms with Gasteiger partial charge in [0.1, 0.15) is 5.76 Å². The molecule has 0 fully saturated rings. The third-order valence-corrected chi connectivity index (χ3v) is 2.20. The molecule has 2 aromatic rings. The van der Waals surface area contributed by atoms with Gasteiger partial charge in [-0.15, -0.1) is 0 Å². The zero-order valence-corrected chi connectivity index (χ0v) is 7.27. The predicted octanol–water partition coefficient (Wildman–Crippen LogP) is 2.00. The number of H-pyrrole nitrogens is 1. The molecule has 0 amide bonds. The van der Waals surface area contributed by atoms with Crippen LogP contribution in [0.15, 0.2) is 26.7 Å². The highest BCUT2D eigenvalue weighted by Crippen LogP contribution is 2.19. The van der Waals surface area contributed by atoms with E-state index in [-0.39, 0.29) is 4.87 Å². The van der Waals surface area contributed by atoms with Gasteiger partial charge < -0.3 is 9.40 Å². The van der Waals surface area contributed by atoms with E-state index in [1.165, 1.54) is 0 Å². The number of aromatic amines is 1. The van der Waals surface area contributed by atoms with Gasteiger partial charge in [0.2, 0.25) is 0 Å². The number of hydrogen-bond acceptors (Lipinski definition) is 3. The van der Waals surface area contributed by atoms with Crippen LogP contribution in [0.3, 0.4) is 0 Å². The Kier molecular flexibility index (Phi) is 1.62. The van der Waals surface area contributed by atoms with Crippen LogP contribution in [0.5, 0.6) is 0 Å². The summed E-state index contributed by atoms with van der Waals surface area (Å²) >= 11 is 1.14. The van der Waals surface area contributed by atoms with E-state index in [2.05, 4.69) is 4.98 Å². The lowest BCUT2D eigenvalue weighted by Gasteiger charge is -1.87. The first-order valence-corrected chi connectivity index (χ1v) is 4.38. The van der Waals surface area contributed by atoms with E-state index in [0.717, 1.165) is 22.8 Å². The topological polar surface area (TPSA) is 46.0 Å². The molecule has 0 aromatic carbocycles. The molecule has 2 rings (SSSR count). The van der Waals surface area contributed by atoms with Crippen molar-refractivity contribution in [3.63, 3.8) is 0 Å². The molecule has 3 nitrogen and oxygen atoms in total. The Morgan fingerprint density at radius 2 is 2.33 bits per heavy atom. The molecule has 62 valence electrons. The van der Waals surface area contributed by atoms with Crippen LogP contribution in [0.4, 0.5) is 0 Å². The minimum atomic E-state index is -0.0564. The van der Waals surface area contributed by atoms with Gasteiger partial charge >= 0.3 is 4.87 Å². The molecule has 2 heterocycles. The minimum Gasteiger partial charge on any atom is -0.460 e. The van der Waals surface area contributed by atoms with Crippen molar-refractivity contribution in [2.24, 2.45) is 0 Å². The minimum absolute atomic E-state index is 0.0564. The second-order valence-electron chi connectivity index (χ2n) is 2.47. The van der Waals surface area contributed by atoms with Crippen LogP contribution in [-0.4, -0.2) is 4.98 Å². The fourth-order valence-corrected chi connectivity index (χ4v) is 1.55. The van der Waals surface area contributed by atoms with E-state index in [0.29, 0.717) is 5.76 Å². The van der Waals surface area contributed by atoms with Gasteiger partial charge in [-0.1, -0.05) is 11.3 Å². The number of thiazole rings is 1. The molecule has 4 heteroatoms. The summed E-state index contributed by atoms with van der Waals surface area (Å²) in [5.41, 5.74) is 0.748. The number of rotatable bonds is 1. The Labute approximate surface area is 72.7 Å². The Bertz CT molecular complexity index is 438. The Morgan fingerprint density at radius 3 is 2.83 bits per heavy atom.